The minimum absolute atomic E-state index is 0.0524. The minimum Gasteiger partial charge on any atom is -0.465 e. The van der Waals surface area contributed by atoms with Crippen molar-refractivity contribution in [2.24, 2.45) is 0 Å². The number of benzene rings is 1. The van der Waals surface area contributed by atoms with Gasteiger partial charge in [-0.05, 0) is 36.8 Å². The van der Waals surface area contributed by atoms with E-state index in [1.54, 1.807) is 12.1 Å². The van der Waals surface area contributed by atoms with Gasteiger partial charge in [0.05, 0.1) is 6.54 Å². The Bertz CT molecular complexity index is 897. The fraction of sp³-hybridized carbons (Fsp3) is 0.476. The third-order valence-corrected chi connectivity index (χ3v) is 5.09. The summed E-state index contributed by atoms with van der Waals surface area (Å²) in [6, 6.07) is 9.89. The van der Waals surface area contributed by atoms with Crippen LogP contribution in [0.2, 0.25) is 0 Å². The number of unbranched alkanes of at least 4 members (excludes halogenated alkanes) is 2. The number of aryl methyl sites for hydroxylation is 1. The molecule has 4 N–H and O–H groups in total. The van der Waals surface area contributed by atoms with Gasteiger partial charge in [-0.25, -0.2) is 19.6 Å². The van der Waals surface area contributed by atoms with Gasteiger partial charge in [0.25, 0.3) is 0 Å². The van der Waals surface area contributed by atoms with Gasteiger partial charge < -0.3 is 25.4 Å². The van der Waals surface area contributed by atoms with E-state index in [1.165, 1.54) is 7.05 Å². The third-order valence-electron chi connectivity index (χ3n) is 5.09. The lowest BCUT2D eigenvalue weighted by molar-refractivity contribution is -0.121. The summed E-state index contributed by atoms with van der Waals surface area (Å²) in [6.07, 6.45) is 0.603. The van der Waals surface area contributed by atoms with E-state index in [9.17, 15) is 19.5 Å². The maximum Gasteiger partial charge on any atom is 0.421 e. The lowest BCUT2D eigenvalue weighted by Crippen LogP contribution is -2.40. The number of hydrazine groups is 1. The maximum absolute atomic E-state index is 12.3. The van der Waals surface area contributed by atoms with Gasteiger partial charge >= 0.3 is 12.2 Å². The Morgan fingerprint density at radius 2 is 1.68 bits per heavy atom. The van der Waals surface area contributed by atoms with Crippen LogP contribution in [0.25, 0.3) is 10.9 Å². The molecule has 0 spiro atoms. The van der Waals surface area contributed by atoms with Crippen molar-refractivity contribution in [2.45, 2.75) is 38.8 Å². The van der Waals surface area contributed by atoms with Crippen molar-refractivity contribution in [3.8, 4) is 0 Å². The molecule has 0 radical (unpaired) electrons. The Morgan fingerprint density at radius 1 is 1.00 bits per heavy atom. The quantitative estimate of drug-likeness (QED) is 0.301. The number of para-hydroxylation sites is 1. The van der Waals surface area contributed by atoms with E-state index in [2.05, 4.69) is 15.2 Å². The molecule has 1 aromatic heterocycles. The Labute approximate surface area is 181 Å². The smallest absolute Gasteiger partial charge is 0.421 e. The fourth-order valence-electron chi connectivity index (χ4n) is 3.30. The zero-order valence-corrected chi connectivity index (χ0v) is 18.0. The summed E-state index contributed by atoms with van der Waals surface area (Å²) in [6.45, 7) is 1.85. The number of amides is 3. The zero-order chi connectivity index (χ0) is 22.8. The minimum atomic E-state index is -1.04. The van der Waals surface area contributed by atoms with Gasteiger partial charge in [-0.2, -0.15) is 0 Å². The van der Waals surface area contributed by atoms with Crippen LogP contribution in [0.3, 0.4) is 0 Å². The van der Waals surface area contributed by atoms with E-state index in [1.807, 2.05) is 30.3 Å². The first kappa shape index (κ1) is 24.0. The second kappa shape index (κ2) is 11.8. The van der Waals surface area contributed by atoms with Crippen LogP contribution < -0.4 is 10.6 Å². The van der Waals surface area contributed by atoms with Gasteiger partial charge in [0.15, 0.2) is 0 Å². The van der Waals surface area contributed by atoms with Crippen molar-refractivity contribution in [2.75, 3.05) is 27.2 Å². The molecule has 2 rings (SSSR count). The molecule has 10 heteroatoms. The molecule has 170 valence electrons. The summed E-state index contributed by atoms with van der Waals surface area (Å²) in [5.74, 6) is -0.0524. The zero-order valence-electron chi connectivity index (χ0n) is 18.0. The Morgan fingerprint density at radius 3 is 2.35 bits per heavy atom. The first-order chi connectivity index (χ1) is 14.8. The molecule has 1 heterocycles. The number of carboxylic acid groups (broad SMARTS) is 2. The van der Waals surface area contributed by atoms with Crippen LogP contribution in [0, 0.1) is 0 Å². The van der Waals surface area contributed by atoms with Crippen LogP contribution in [-0.4, -0.2) is 70.1 Å². The molecule has 2 aromatic rings. The van der Waals surface area contributed by atoms with Crippen molar-refractivity contribution in [1.82, 2.24) is 25.2 Å². The standard InChI is InChI=1S/C21H31N5O5/c1-24(25(2)21(30)31)15-17-14-16-8-4-5-9-18(16)26(17)13-10-19(27)22-11-6-3-7-12-23-20(28)29/h4-5,8-9,14,23H,3,6-7,10-13,15H2,1-2H3,(H,22,27)(H,28,29)(H,30,31). The number of rotatable bonds is 12. The van der Waals surface area contributed by atoms with Crippen molar-refractivity contribution >= 4 is 29.0 Å². The van der Waals surface area contributed by atoms with Crippen LogP contribution in [0.15, 0.2) is 30.3 Å². The molecule has 3 amide bonds. The number of nitrogens with zero attached hydrogens (tertiary/aromatic N) is 3. The Kier molecular flexibility index (Phi) is 9.13. The van der Waals surface area contributed by atoms with Gasteiger partial charge in [-0.1, -0.05) is 18.2 Å². The number of hydrogen-bond acceptors (Lipinski definition) is 4. The highest BCUT2D eigenvalue weighted by atomic mass is 16.4. The molecular formula is C21H31N5O5. The van der Waals surface area contributed by atoms with Crippen LogP contribution in [0.1, 0.15) is 31.4 Å². The summed E-state index contributed by atoms with van der Waals surface area (Å²) < 4.78 is 2.05. The molecule has 0 aliphatic rings. The molecule has 1 aromatic carbocycles. The number of hydrogen-bond donors (Lipinski definition) is 4. The summed E-state index contributed by atoms with van der Waals surface area (Å²) in [5, 5.41) is 26.7. The molecule has 0 saturated carbocycles. The van der Waals surface area contributed by atoms with Crippen molar-refractivity contribution in [3.05, 3.63) is 36.0 Å². The highest BCUT2D eigenvalue weighted by Crippen LogP contribution is 2.21. The van der Waals surface area contributed by atoms with Crippen molar-refractivity contribution < 1.29 is 24.6 Å². The average Bonchev–Trinajstić information content (AvgIpc) is 3.07. The normalized spacial score (nSPS) is 10.9. The number of carbonyl (C=O) groups excluding carboxylic acids is 1. The van der Waals surface area contributed by atoms with Gasteiger partial charge in [0.2, 0.25) is 5.91 Å². The Balaban J connectivity index is 1.89. The van der Waals surface area contributed by atoms with Crippen molar-refractivity contribution in [3.63, 3.8) is 0 Å². The maximum atomic E-state index is 12.3. The highest BCUT2D eigenvalue weighted by molar-refractivity contribution is 5.82. The Hall–Kier alpha value is -3.27. The SMILES string of the molecule is CN(Cc1cc2ccccc2n1CCC(=O)NCCCCCNC(=O)O)N(C)C(=O)O. The van der Waals surface area contributed by atoms with Crippen LogP contribution in [-0.2, 0) is 17.9 Å². The van der Waals surface area contributed by atoms with Gasteiger partial charge in [0.1, 0.15) is 0 Å². The lowest BCUT2D eigenvalue weighted by Gasteiger charge is -2.26. The monoisotopic (exact) mass is 433 g/mol. The molecule has 10 nitrogen and oxygen atoms in total. The van der Waals surface area contributed by atoms with E-state index in [0.29, 0.717) is 32.6 Å². The van der Waals surface area contributed by atoms with E-state index < -0.39 is 12.2 Å². The molecular weight excluding hydrogens is 402 g/mol. The van der Waals surface area contributed by atoms with Crippen LogP contribution in [0.5, 0.6) is 0 Å². The predicted molar refractivity (Wildman–Crippen MR) is 117 cm³/mol. The molecule has 0 atom stereocenters. The van der Waals surface area contributed by atoms with Gasteiger partial charge in [-0.3, -0.25) is 4.79 Å². The molecule has 0 unspecified atom stereocenters. The highest BCUT2D eigenvalue weighted by Gasteiger charge is 2.16. The number of fused-ring (bicyclic) bond motifs is 1. The van der Waals surface area contributed by atoms with Gasteiger partial charge in [0, 0.05) is 51.4 Å². The second-order valence-electron chi connectivity index (χ2n) is 7.36. The van der Waals surface area contributed by atoms with Crippen LogP contribution >= 0.6 is 0 Å². The summed E-state index contributed by atoms with van der Waals surface area (Å²) in [7, 11) is 3.19. The van der Waals surface area contributed by atoms with Gasteiger partial charge in [-0.15, -0.1) is 0 Å². The summed E-state index contributed by atoms with van der Waals surface area (Å²) in [4.78, 5) is 33.9. The fourth-order valence-corrected chi connectivity index (χ4v) is 3.30. The number of aromatic nitrogens is 1. The largest absolute Gasteiger partial charge is 0.465 e. The predicted octanol–water partition coefficient (Wildman–Crippen LogP) is 2.54. The molecule has 0 aliphatic heterocycles. The summed E-state index contributed by atoms with van der Waals surface area (Å²) in [5.41, 5.74) is 1.93. The molecule has 0 fully saturated rings. The first-order valence-corrected chi connectivity index (χ1v) is 10.3. The van der Waals surface area contributed by atoms with Crippen molar-refractivity contribution in [1.29, 1.82) is 0 Å². The molecule has 0 saturated heterocycles. The van der Waals surface area contributed by atoms with E-state index in [0.717, 1.165) is 40.9 Å². The molecule has 31 heavy (non-hydrogen) atoms. The molecule has 0 bridgehead atoms. The second-order valence-corrected chi connectivity index (χ2v) is 7.36. The van der Waals surface area contributed by atoms with E-state index >= 15 is 0 Å². The lowest BCUT2D eigenvalue weighted by atomic mass is 10.2. The summed E-state index contributed by atoms with van der Waals surface area (Å²) >= 11 is 0. The third kappa shape index (κ3) is 7.49. The van der Waals surface area contributed by atoms with E-state index in [-0.39, 0.29) is 5.91 Å². The van der Waals surface area contributed by atoms with Crippen LogP contribution in [0.4, 0.5) is 9.59 Å². The topological polar surface area (TPSA) is 127 Å². The number of nitrogens with one attached hydrogen (secondary N) is 2. The van der Waals surface area contributed by atoms with E-state index in [4.69, 9.17) is 5.11 Å². The first-order valence-electron chi connectivity index (χ1n) is 10.3. The average molecular weight is 434 g/mol. The number of carbonyl (C=O) groups is 3. The molecule has 0 aliphatic carbocycles.